The highest BCUT2D eigenvalue weighted by Crippen LogP contribution is 2.14. The number of benzene rings is 1. The molecule has 114 valence electrons. The Morgan fingerprint density at radius 2 is 1.95 bits per heavy atom. The van der Waals surface area contributed by atoms with Crippen LogP contribution in [-0.4, -0.2) is 42.8 Å². The van der Waals surface area contributed by atoms with Crippen LogP contribution in [0.25, 0.3) is 0 Å². The smallest absolute Gasteiger partial charge is 0.320 e. The fourth-order valence-corrected chi connectivity index (χ4v) is 4.22. The molecule has 0 aliphatic rings. The third-order valence-electron chi connectivity index (χ3n) is 2.73. The third-order valence-corrected chi connectivity index (χ3v) is 5.74. The maximum Gasteiger partial charge on any atom is 0.320 e. The summed E-state index contributed by atoms with van der Waals surface area (Å²) in [4.78, 5) is 10.7. The molecule has 1 aromatic rings. The van der Waals surface area contributed by atoms with Gasteiger partial charge in [-0.3, -0.25) is 4.79 Å². The maximum absolute atomic E-state index is 12.0. The highest BCUT2D eigenvalue weighted by Gasteiger charge is 2.15. The second-order valence-electron chi connectivity index (χ2n) is 4.30. The van der Waals surface area contributed by atoms with E-state index in [-0.39, 0.29) is 10.6 Å². The van der Waals surface area contributed by atoms with Gasteiger partial charge in [-0.1, -0.05) is 0 Å². The van der Waals surface area contributed by atoms with Crippen LogP contribution >= 0.6 is 11.8 Å². The molecule has 0 aliphatic heterocycles. The minimum absolute atomic E-state index is 0.0358. The number of nitrogens with zero attached hydrogens (tertiary/aromatic N) is 1. The van der Waals surface area contributed by atoms with Crippen molar-refractivity contribution in [1.29, 1.82) is 5.26 Å². The summed E-state index contributed by atoms with van der Waals surface area (Å²) in [5, 5.41) is 17.3. The van der Waals surface area contributed by atoms with E-state index in [4.69, 9.17) is 16.1 Å². The van der Waals surface area contributed by atoms with Gasteiger partial charge in [0.05, 0.1) is 22.3 Å². The maximum atomic E-state index is 12.0. The van der Waals surface area contributed by atoms with Crippen molar-refractivity contribution in [2.24, 2.45) is 5.73 Å². The molecule has 0 aromatic heterocycles. The van der Waals surface area contributed by atoms with Gasteiger partial charge in [-0.2, -0.15) is 17.0 Å². The first-order valence-electron chi connectivity index (χ1n) is 6.16. The van der Waals surface area contributed by atoms with Gasteiger partial charge in [0.1, 0.15) is 6.04 Å². The number of carboxylic acid groups (broad SMARTS) is 1. The lowest BCUT2D eigenvalue weighted by molar-refractivity contribution is -0.138. The summed E-state index contributed by atoms with van der Waals surface area (Å²) in [5.41, 5.74) is 5.75. The number of rotatable bonds is 8. The molecular weight excluding hydrogens is 312 g/mol. The van der Waals surface area contributed by atoms with E-state index >= 15 is 0 Å². The van der Waals surface area contributed by atoms with Crippen molar-refractivity contribution in [3.8, 4) is 6.07 Å². The lowest BCUT2D eigenvalue weighted by atomic mass is 10.2. The molecule has 0 spiro atoms. The number of thioether (sulfide) groups is 1. The first-order chi connectivity index (χ1) is 9.86. The Hall–Kier alpha value is -1.56. The molecule has 0 heterocycles. The van der Waals surface area contributed by atoms with Crippen molar-refractivity contribution in [2.45, 2.75) is 17.4 Å². The van der Waals surface area contributed by atoms with Gasteiger partial charge in [-0.05, 0) is 36.4 Å². The largest absolute Gasteiger partial charge is 0.480 e. The predicted octanol–water partition coefficient (Wildman–Crippen LogP) is 0.867. The average Bonchev–Trinajstić information content (AvgIpc) is 2.46. The molecule has 0 saturated heterocycles. The first kappa shape index (κ1) is 17.5. The van der Waals surface area contributed by atoms with Gasteiger partial charge in [0, 0.05) is 5.75 Å². The molecule has 0 bridgehead atoms. The highest BCUT2D eigenvalue weighted by molar-refractivity contribution is 8.00. The summed E-state index contributed by atoms with van der Waals surface area (Å²) in [6, 6.07) is 6.78. The van der Waals surface area contributed by atoms with E-state index in [1.54, 1.807) is 0 Å². The zero-order chi connectivity index (χ0) is 15.9. The van der Waals surface area contributed by atoms with E-state index in [1.165, 1.54) is 36.0 Å². The van der Waals surface area contributed by atoms with Crippen LogP contribution in [0, 0.1) is 11.3 Å². The first-order valence-corrected chi connectivity index (χ1v) is 8.96. The van der Waals surface area contributed by atoms with E-state index in [0.29, 0.717) is 23.5 Å². The highest BCUT2D eigenvalue weighted by atomic mass is 32.2. The summed E-state index contributed by atoms with van der Waals surface area (Å²) < 4.78 is 24.0. The Bertz CT molecular complexity index is 621. The lowest BCUT2D eigenvalue weighted by Crippen LogP contribution is -2.30. The number of hydrogen-bond donors (Lipinski definition) is 2. The standard InChI is InChI=1S/C13H16N2O4S2/c14-9-10-1-3-11(4-2-10)21(18,19)8-7-20-6-5-12(15)13(16)17/h1-4,12H,5-8,15H2,(H,16,17). The molecule has 1 atom stereocenters. The van der Waals surface area contributed by atoms with Crippen LogP contribution in [-0.2, 0) is 14.6 Å². The lowest BCUT2D eigenvalue weighted by Gasteiger charge is -2.07. The van der Waals surface area contributed by atoms with Crippen LogP contribution in [0.3, 0.4) is 0 Å². The Balaban J connectivity index is 2.43. The van der Waals surface area contributed by atoms with Crippen LogP contribution in [0.4, 0.5) is 0 Å². The van der Waals surface area contributed by atoms with Crippen LogP contribution in [0.2, 0.25) is 0 Å². The molecule has 21 heavy (non-hydrogen) atoms. The normalized spacial score (nSPS) is 12.6. The molecule has 0 aliphatic carbocycles. The van der Waals surface area contributed by atoms with E-state index in [2.05, 4.69) is 0 Å². The predicted molar refractivity (Wildman–Crippen MR) is 80.8 cm³/mol. The molecule has 0 radical (unpaired) electrons. The Morgan fingerprint density at radius 1 is 1.33 bits per heavy atom. The number of carbonyl (C=O) groups is 1. The van der Waals surface area contributed by atoms with E-state index in [9.17, 15) is 13.2 Å². The number of aliphatic carboxylic acids is 1. The van der Waals surface area contributed by atoms with Gasteiger partial charge in [0.25, 0.3) is 0 Å². The fourth-order valence-electron chi connectivity index (χ4n) is 1.46. The van der Waals surface area contributed by atoms with Crippen LogP contribution in [0.15, 0.2) is 29.2 Å². The molecule has 1 aromatic carbocycles. The topological polar surface area (TPSA) is 121 Å². The van der Waals surface area contributed by atoms with Crippen molar-refractivity contribution in [3.05, 3.63) is 29.8 Å². The molecule has 0 saturated carbocycles. The van der Waals surface area contributed by atoms with Crippen LogP contribution < -0.4 is 5.73 Å². The fraction of sp³-hybridized carbons (Fsp3) is 0.385. The van der Waals surface area contributed by atoms with Gasteiger partial charge in [0.15, 0.2) is 9.84 Å². The number of nitriles is 1. The monoisotopic (exact) mass is 328 g/mol. The molecule has 0 fully saturated rings. The Kier molecular flexibility index (Phi) is 6.68. The third kappa shape index (κ3) is 5.75. The summed E-state index contributed by atoms with van der Waals surface area (Å²) in [6.45, 7) is 0. The molecule has 6 nitrogen and oxygen atoms in total. The van der Waals surface area contributed by atoms with Crippen LogP contribution in [0.1, 0.15) is 12.0 Å². The van der Waals surface area contributed by atoms with Crippen molar-refractivity contribution >= 4 is 27.6 Å². The second-order valence-corrected chi connectivity index (χ2v) is 7.63. The van der Waals surface area contributed by atoms with Gasteiger partial charge >= 0.3 is 5.97 Å². The second kappa shape index (κ2) is 8.02. The molecule has 3 N–H and O–H groups in total. The van der Waals surface area contributed by atoms with E-state index < -0.39 is 21.8 Å². The van der Waals surface area contributed by atoms with Crippen molar-refractivity contribution in [2.75, 3.05) is 17.3 Å². The minimum atomic E-state index is -3.38. The van der Waals surface area contributed by atoms with Gasteiger partial charge in [-0.15, -0.1) is 0 Å². The minimum Gasteiger partial charge on any atom is -0.480 e. The number of sulfone groups is 1. The van der Waals surface area contributed by atoms with Gasteiger partial charge < -0.3 is 10.8 Å². The number of hydrogen-bond acceptors (Lipinski definition) is 6. The number of nitrogens with two attached hydrogens (primary N) is 1. The zero-order valence-corrected chi connectivity index (χ0v) is 12.9. The molecule has 8 heteroatoms. The summed E-state index contributed by atoms with van der Waals surface area (Å²) in [6.07, 6.45) is 0.302. The molecule has 1 unspecified atom stereocenters. The molecule has 1 rings (SSSR count). The number of carboxylic acids is 1. The van der Waals surface area contributed by atoms with Crippen molar-refractivity contribution < 1.29 is 18.3 Å². The average molecular weight is 328 g/mol. The van der Waals surface area contributed by atoms with Gasteiger partial charge in [0.2, 0.25) is 0 Å². The summed E-state index contributed by atoms with van der Waals surface area (Å²) >= 11 is 1.35. The van der Waals surface area contributed by atoms with E-state index in [0.717, 1.165) is 0 Å². The Labute approximate surface area is 127 Å². The Morgan fingerprint density at radius 3 is 2.48 bits per heavy atom. The van der Waals surface area contributed by atoms with Gasteiger partial charge in [-0.25, -0.2) is 8.42 Å². The SMILES string of the molecule is N#Cc1ccc(S(=O)(=O)CCSCCC(N)C(=O)O)cc1. The summed E-state index contributed by atoms with van der Waals surface area (Å²) in [5.74, 6) is -0.225. The summed E-state index contributed by atoms with van der Waals surface area (Å²) in [7, 11) is -3.38. The van der Waals surface area contributed by atoms with Crippen LogP contribution in [0.5, 0.6) is 0 Å². The zero-order valence-electron chi connectivity index (χ0n) is 11.2. The quantitative estimate of drug-likeness (QED) is 0.679. The van der Waals surface area contributed by atoms with E-state index in [1.807, 2.05) is 6.07 Å². The van der Waals surface area contributed by atoms with Crippen molar-refractivity contribution in [3.63, 3.8) is 0 Å². The molecule has 0 amide bonds. The molecular formula is C13H16N2O4S2. The van der Waals surface area contributed by atoms with Crippen molar-refractivity contribution in [1.82, 2.24) is 0 Å².